The highest BCUT2D eigenvalue weighted by Crippen LogP contribution is 2.65. The number of carbonyl (C=O) groups is 2. The van der Waals surface area contributed by atoms with Gasteiger partial charge in [0, 0.05) is 10.8 Å². The minimum atomic E-state index is -0.146. The summed E-state index contributed by atoms with van der Waals surface area (Å²) < 4.78 is 0. The summed E-state index contributed by atoms with van der Waals surface area (Å²) in [6.07, 6.45) is 10.1. The first-order valence-electron chi connectivity index (χ1n) is 8.05. The largest absolute Gasteiger partial charge is 0.299 e. The Morgan fingerprint density at radius 2 is 1.21 bits per heavy atom. The van der Waals surface area contributed by atoms with Crippen molar-refractivity contribution in [2.24, 2.45) is 22.7 Å². The Morgan fingerprint density at radius 1 is 0.789 bits per heavy atom. The molecule has 0 aromatic carbocycles. The van der Waals surface area contributed by atoms with E-state index in [0.29, 0.717) is 23.4 Å². The van der Waals surface area contributed by atoms with Gasteiger partial charge in [-0.15, -0.1) is 0 Å². The van der Waals surface area contributed by atoms with Gasteiger partial charge >= 0.3 is 0 Å². The lowest BCUT2D eigenvalue weighted by Gasteiger charge is -2.60. The minimum Gasteiger partial charge on any atom is -0.299 e. The van der Waals surface area contributed by atoms with Crippen LogP contribution in [0.1, 0.15) is 71.6 Å². The Morgan fingerprint density at radius 3 is 1.63 bits per heavy atom. The van der Waals surface area contributed by atoms with Gasteiger partial charge in [-0.1, -0.05) is 32.1 Å². The zero-order chi connectivity index (χ0) is 13.7. The first-order chi connectivity index (χ1) is 9.03. The zero-order valence-corrected chi connectivity index (χ0v) is 12.3. The molecule has 19 heavy (non-hydrogen) atoms. The van der Waals surface area contributed by atoms with E-state index in [2.05, 4.69) is 0 Å². The Labute approximate surface area is 116 Å². The Hall–Kier alpha value is -0.660. The summed E-state index contributed by atoms with van der Waals surface area (Å²) in [5, 5.41) is 0. The SMILES string of the molecule is CC(=O)C12CCCC3CCCC(C(C)=O)(CCC1)C32. The van der Waals surface area contributed by atoms with Gasteiger partial charge in [-0.25, -0.2) is 0 Å². The van der Waals surface area contributed by atoms with Crippen molar-refractivity contribution in [3.8, 4) is 0 Å². The quantitative estimate of drug-likeness (QED) is 0.756. The standard InChI is InChI=1S/C17H26O2/c1-12(18)16-8-3-6-14-7-4-9-17(13(2)19,15(14)16)11-5-10-16/h14-15H,3-11H2,1-2H3. The second kappa shape index (κ2) is 4.43. The van der Waals surface area contributed by atoms with Crippen LogP contribution in [0.25, 0.3) is 0 Å². The Kier molecular flexibility index (Phi) is 3.11. The molecular weight excluding hydrogens is 236 g/mol. The van der Waals surface area contributed by atoms with Crippen molar-refractivity contribution in [1.82, 2.24) is 0 Å². The van der Waals surface area contributed by atoms with Gasteiger partial charge in [-0.05, 0) is 51.4 Å². The lowest BCUT2D eigenvalue weighted by Crippen LogP contribution is -2.59. The second-order valence-electron chi connectivity index (χ2n) is 7.30. The summed E-state index contributed by atoms with van der Waals surface area (Å²) in [7, 11) is 0. The van der Waals surface area contributed by atoms with E-state index in [4.69, 9.17) is 0 Å². The fraction of sp³-hybridized carbons (Fsp3) is 0.882. The third kappa shape index (κ3) is 1.68. The molecule has 0 bridgehead atoms. The van der Waals surface area contributed by atoms with Gasteiger partial charge in [0.1, 0.15) is 11.6 Å². The molecule has 2 unspecified atom stereocenters. The molecule has 0 radical (unpaired) electrons. The van der Waals surface area contributed by atoms with Crippen LogP contribution >= 0.6 is 0 Å². The first kappa shape index (κ1) is 13.3. The summed E-state index contributed by atoms with van der Waals surface area (Å²) in [4.78, 5) is 24.9. The van der Waals surface area contributed by atoms with E-state index in [-0.39, 0.29) is 10.8 Å². The van der Waals surface area contributed by atoms with Crippen LogP contribution in [0.15, 0.2) is 0 Å². The van der Waals surface area contributed by atoms with Crippen molar-refractivity contribution in [3.05, 3.63) is 0 Å². The fourth-order valence-corrected chi connectivity index (χ4v) is 6.00. The third-order valence-corrected chi connectivity index (χ3v) is 6.71. The molecule has 3 saturated carbocycles. The molecule has 2 atom stereocenters. The molecule has 106 valence electrons. The molecule has 0 aromatic rings. The number of Topliss-reactive ketones (excluding diaryl/α,β-unsaturated/α-hetero) is 2. The van der Waals surface area contributed by atoms with Gasteiger partial charge in [0.05, 0.1) is 0 Å². The summed E-state index contributed by atoms with van der Waals surface area (Å²) in [6.45, 7) is 3.57. The van der Waals surface area contributed by atoms with Crippen molar-refractivity contribution >= 4 is 11.6 Å². The number of ketones is 2. The van der Waals surface area contributed by atoms with Crippen LogP contribution < -0.4 is 0 Å². The van der Waals surface area contributed by atoms with Crippen molar-refractivity contribution in [2.45, 2.75) is 71.6 Å². The van der Waals surface area contributed by atoms with Crippen LogP contribution in [0, 0.1) is 22.7 Å². The lowest BCUT2D eigenvalue weighted by molar-refractivity contribution is -0.167. The van der Waals surface area contributed by atoms with Crippen LogP contribution in [0.2, 0.25) is 0 Å². The van der Waals surface area contributed by atoms with E-state index in [1.165, 1.54) is 25.7 Å². The molecule has 0 N–H and O–H groups in total. The van der Waals surface area contributed by atoms with Crippen LogP contribution in [-0.4, -0.2) is 11.6 Å². The highest BCUT2D eigenvalue weighted by molar-refractivity contribution is 5.88. The topological polar surface area (TPSA) is 34.1 Å². The monoisotopic (exact) mass is 262 g/mol. The van der Waals surface area contributed by atoms with E-state index in [1.807, 2.05) is 0 Å². The highest BCUT2D eigenvalue weighted by atomic mass is 16.1. The van der Waals surface area contributed by atoms with Gasteiger partial charge < -0.3 is 0 Å². The molecule has 3 rings (SSSR count). The van der Waals surface area contributed by atoms with Crippen LogP contribution in [0.4, 0.5) is 0 Å². The van der Waals surface area contributed by atoms with Gasteiger partial charge in [-0.3, -0.25) is 9.59 Å². The summed E-state index contributed by atoms with van der Waals surface area (Å²) in [5.74, 6) is 1.74. The number of hydrogen-bond acceptors (Lipinski definition) is 2. The lowest BCUT2D eigenvalue weighted by atomic mass is 9.42. The maximum Gasteiger partial charge on any atom is 0.136 e. The Balaban J connectivity index is 2.11. The number of carbonyl (C=O) groups excluding carboxylic acids is 2. The predicted molar refractivity (Wildman–Crippen MR) is 74.8 cm³/mol. The van der Waals surface area contributed by atoms with Gasteiger partial charge in [0.2, 0.25) is 0 Å². The van der Waals surface area contributed by atoms with E-state index in [9.17, 15) is 9.59 Å². The highest BCUT2D eigenvalue weighted by Gasteiger charge is 2.62. The molecule has 0 aliphatic heterocycles. The molecule has 2 heteroatoms. The second-order valence-corrected chi connectivity index (χ2v) is 7.30. The molecule has 3 aliphatic carbocycles. The third-order valence-electron chi connectivity index (χ3n) is 6.71. The van der Waals surface area contributed by atoms with Crippen LogP contribution in [-0.2, 0) is 9.59 Å². The molecule has 0 saturated heterocycles. The molecule has 0 spiro atoms. The number of rotatable bonds is 2. The van der Waals surface area contributed by atoms with Crippen LogP contribution in [0.5, 0.6) is 0 Å². The normalized spacial score (nSPS) is 45.4. The van der Waals surface area contributed by atoms with E-state index < -0.39 is 0 Å². The molecule has 3 aliphatic rings. The van der Waals surface area contributed by atoms with Crippen molar-refractivity contribution < 1.29 is 9.59 Å². The van der Waals surface area contributed by atoms with Crippen molar-refractivity contribution in [3.63, 3.8) is 0 Å². The molecule has 0 amide bonds. The smallest absolute Gasteiger partial charge is 0.136 e. The molecule has 0 aromatic heterocycles. The summed E-state index contributed by atoms with van der Waals surface area (Å²) in [6, 6.07) is 0. The molecule has 3 fully saturated rings. The fourth-order valence-electron chi connectivity index (χ4n) is 6.00. The summed E-state index contributed by atoms with van der Waals surface area (Å²) >= 11 is 0. The van der Waals surface area contributed by atoms with E-state index >= 15 is 0 Å². The molecular formula is C17H26O2. The van der Waals surface area contributed by atoms with Crippen LogP contribution in [0.3, 0.4) is 0 Å². The molecule has 2 nitrogen and oxygen atoms in total. The summed E-state index contributed by atoms with van der Waals surface area (Å²) in [5.41, 5.74) is -0.291. The average molecular weight is 262 g/mol. The molecule has 0 heterocycles. The van der Waals surface area contributed by atoms with Gasteiger partial charge in [0.15, 0.2) is 0 Å². The van der Waals surface area contributed by atoms with Crippen molar-refractivity contribution in [2.75, 3.05) is 0 Å². The first-order valence-corrected chi connectivity index (χ1v) is 8.05. The zero-order valence-electron chi connectivity index (χ0n) is 12.3. The predicted octanol–water partition coefficient (Wildman–Crippen LogP) is 3.92. The maximum atomic E-state index is 12.4. The number of hydrogen-bond donors (Lipinski definition) is 0. The average Bonchev–Trinajstić information content (AvgIpc) is 2.39. The van der Waals surface area contributed by atoms with Crippen molar-refractivity contribution in [1.29, 1.82) is 0 Å². The van der Waals surface area contributed by atoms with E-state index in [0.717, 1.165) is 32.1 Å². The maximum absolute atomic E-state index is 12.4. The Bertz CT molecular complexity index is 369. The van der Waals surface area contributed by atoms with Gasteiger partial charge in [-0.2, -0.15) is 0 Å². The minimum absolute atomic E-state index is 0.146. The van der Waals surface area contributed by atoms with Gasteiger partial charge in [0.25, 0.3) is 0 Å². The van der Waals surface area contributed by atoms with E-state index in [1.54, 1.807) is 13.8 Å².